The number of anilines is 6. The second-order valence-electron chi connectivity index (χ2n) is 15.7. The predicted octanol–water partition coefficient (Wildman–Crippen LogP) is 13.5. The fourth-order valence-electron chi connectivity index (χ4n) is 8.44. The maximum atomic E-state index is 5.05. The molecule has 0 aliphatic carbocycles. The van der Waals surface area contributed by atoms with E-state index in [0.717, 1.165) is 51.7 Å². The smallest absolute Gasteiger partial charge is 0.358 e. The van der Waals surface area contributed by atoms with Crippen molar-refractivity contribution >= 4 is 55.9 Å². The van der Waals surface area contributed by atoms with Gasteiger partial charge in [0.1, 0.15) is 5.82 Å². The zero-order valence-electron chi connectivity index (χ0n) is 33.3. The fraction of sp³-hybridized carbons (Fsp3) is 0.196. The van der Waals surface area contributed by atoms with Crippen molar-refractivity contribution in [3.8, 4) is 16.9 Å². The zero-order valence-corrected chi connectivity index (χ0v) is 35.6. The monoisotopic (exact) mass is 924 g/mol. The number of aromatic nitrogens is 2. The Bertz CT molecular complexity index is 2670. The van der Waals surface area contributed by atoms with Gasteiger partial charge in [0.05, 0.1) is 18.0 Å². The minimum absolute atomic E-state index is 0. The maximum absolute atomic E-state index is 5.05. The molecular formula is C51H47N5Pt. The minimum Gasteiger partial charge on any atom is -0.358 e. The van der Waals surface area contributed by atoms with Crippen LogP contribution in [0.3, 0.4) is 0 Å². The standard InChI is InChI=1S/C51H47N5.Pt/c1-34(2)42-21-15-22-43(35(3)4)51(42)37-28-29-52-50(30-37)56-46-23-11-10-20-44(46)45-27-26-41(32-49(45)56)55(38-16-8-7-9-17-38)40-19-14-18-39(31-40)54-33-53(36(5)6)47-24-12-13-25-48(47)54;/h7-30,34-36H,33H2,1-6H3;/q-2;+2. The first-order chi connectivity index (χ1) is 27.3. The molecule has 2 aromatic heterocycles. The zero-order chi connectivity index (χ0) is 38.5. The Morgan fingerprint density at radius 2 is 1.28 bits per heavy atom. The molecule has 1 aliphatic heterocycles. The van der Waals surface area contributed by atoms with Crippen molar-refractivity contribution in [3.05, 3.63) is 169 Å². The Balaban J connectivity index is 0.00000455. The van der Waals surface area contributed by atoms with Crippen molar-refractivity contribution < 1.29 is 21.1 Å². The van der Waals surface area contributed by atoms with Gasteiger partial charge in [0.25, 0.3) is 0 Å². The molecule has 0 atom stereocenters. The molecule has 6 aromatic carbocycles. The molecular weight excluding hydrogens is 878 g/mol. The van der Waals surface area contributed by atoms with Gasteiger partial charge in [-0.15, -0.1) is 35.7 Å². The van der Waals surface area contributed by atoms with E-state index in [1.807, 2.05) is 6.20 Å². The first kappa shape index (κ1) is 38.2. The van der Waals surface area contributed by atoms with Crippen molar-refractivity contribution in [3.63, 3.8) is 0 Å². The maximum Gasteiger partial charge on any atom is 2.00 e. The number of hydrogen-bond acceptors (Lipinski definition) is 4. The van der Waals surface area contributed by atoms with Crippen LogP contribution in [0.5, 0.6) is 0 Å². The molecule has 286 valence electrons. The van der Waals surface area contributed by atoms with Crippen LogP contribution >= 0.6 is 0 Å². The Hall–Kier alpha value is -5.64. The molecule has 9 rings (SSSR count). The minimum atomic E-state index is 0. The van der Waals surface area contributed by atoms with Gasteiger partial charge in [-0.3, -0.25) is 0 Å². The van der Waals surface area contributed by atoms with Gasteiger partial charge in [0, 0.05) is 23.4 Å². The van der Waals surface area contributed by atoms with Gasteiger partial charge < -0.3 is 19.3 Å². The van der Waals surface area contributed by atoms with E-state index in [9.17, 15) is 0 Å². The average Bonchev–Trinajstić information content (AvgIpc) is 3.78. The van der Waals surface area contributed by atoms with E-state index in [0.29, 0.717) is 17.9 Å². The van der Waals surface area contributed by atoms with Crippen molar-refractivity contribution in [2.24, 2.45) is 0 Å². The average molecular weight is 925 g/mol. The molecule has 0 fully saturated rings. The molecule has 8 aromatic rings. The first-order valence-corrected chi connectivity index (χ1v) is 19.8. The SMILES string of the molecule is CC(C)c1cccc(C(C)C)c1-c1ccnc(-n2c3[c-]c(N(c4[c-]c(N5CN(C(C)C)c6ccccc65)ccc4)c4ccccc4)ccc3c3ccccc32)c1.[Pt+2]. The van der Waals surface area contributed by atoms with E-state index in [2.05, 4.69) is 212 Å². The fourth-order valence-corrected chi connectivity index (χ4v) is 8.44. The van der Waals surface area contributed by atoms with Gasteiger partial charge >= 0.3 is 21.1 Å². The van der Waals surface area contributed by atoms with E-state index in [-0.39, 0.29) is 21.1 Å². The molecule has 0 radical (unpaired) electrons. The summed E-state index contributed by atoms with van der Waals surface area (Å²) in [4.78, 5) is 12.1. The van der Waals surface area contributed by atoms with E-state index in [1.54, 1.807) is 0 Å². The third-order valence-corrected chi connectivity index (χ3v) is 11.2. The van der Waals surface area contributed by atoms with E-state index < -0.39 is 0 Å². The molecule has 0 bridgehead atoms. The Morgan fingerprint density at radius 3 is 2.02 bits per heavy atom. The van der Waals surface area contributed by atoms with Gasteiger partial charge in [-0.2, -0.15) is 12.1 Å². The van der Waals surface area contributed by atoms with Gasteiger partial charge in [-0.05, 0) is 95.8 Å². The first-order valence-electron chi connectivity index (χ1n) is 19.8. The topological polar surface area (TPSA) is 27.5 Å². The van der Waals surface area contributed by atoms with Gasteiger partial charge in [0.15, 0.2) is 0 Å². The molecule has 3 heterocycles. The summed E-state index contributed by atoms with van der Waals surface area (Å²) in [7, 11) is 0. The van der Waals surface area contributed by atoms with Crippen molar-refractivity contribution in [2.75, 3.05) is 21.4 Å². The summed E-state index contributed by atoms with van der Waals surface area (Å²) in [5.74, 6) is 1.65. The normalized spacial score (nSPS) is 12.6. The molecule has 0 N–H and O–H groups in total. The summed E-state index contributed by atoms with van der Waals surface area (Å²) in [6.45, 7) is 14.4. The van der Waals surface area contributed by atoms with Crippen LogP contribution in [0.4, 0.5) is 34.1 Å². The van der Waals surface area contributed by atoms with Crippen LogP contribution in [0.1, 0.15) is 64.5 Å². The molecule has 0 spiro atoms. The molecule has 6 heteroatoms. The molecule has 0 amide bonds. The number of para-hydroxylation sites is 4. The second-order valence-corrected chi connectivity index (χ2v) is 15.7. The number of rotatable bonds is 9. The van der Waals surface area contributed by atoms with E-state index >= 15 is 0 Å². The predicted molar refractivity (Wildman–Crippen MR) is 236 cm³/mol. The van der Waals surface area contributed by atoms with Gasteiger partial charge in [-0.1, -0.05) is 117 Å². The van der Waals surface area contributed by atoms with Crippen LogP contribution in [0.15, 0.2) is 146 Å². The third kappa shape index (κ3) is 6.82. The summed E-state index contributed by atoms with van der Waals surface area (Å²) in [6, 6.07) is 58.1. The Morgan fingerprint density at radius 1 is 0.614 bits per heavy atom. The van der Waals surface area contributed by atoms with Crippen LogP contribution in [-0.2, 0) is 21.1 Å². The van der Waals surface area contributed by atoms with Crippen LogP contribution in [-0.4, -0.2) is 22.3 Å². The number of benzene rings is 6. The number of nitrogens with zero attached hydrogens (tertiary/aromatic N) is 5. The Kier molecular flexibility index (Phi) is 10.5. The van der Waals surface area contributed by atoms with Crippen LogP contribution in [0, 0.1) is 12.1 Å². The number of pyridine rings is 1. The second kappa shape index (κ2) is 15.7. The van der Waals surface area contributed by atoms with Crippen LogP contribution < -0.4 is 14.7 Å². The van der Waals surface area contributed by atoms with Crippen LogP contribution in [0.25, 0.3) is 38.8 Å². The summed E-state index contributed by atoms with van der Waals surface area (Å²) in [6.07, 6.45) is 1.96. The molecule has 1 aliphatic rings. The van der Waals surface area contributed by atoms with Crippen molar-refractivity contribution in [1.82, 2.24) is 9.55 Å². The number of fused-ring (bicyclic) bond motifs is 4. The van der Waals surface area contributed by atoms with E-state index in [1.165, 1.54) is 39.0 Å². The largest absolute Gasteiger partial charge is 2.00 e. The van der Waals surface area contributed by atoms with E-state index in [4.69, 9.17) is 4.98 Å². The summed E-state index contributed by atoms with van der Waals surface area (Å²) in [5.41, 5.74) is 13.7. The van der Waals surface area contributed by atoms with Crippen molar-refractivity contribution in [2.45, 2.75) is 59.4 Å². The molecule has 0 unspecified atom stereocenters. The van der Waals surface area contributed by atoms with Crippen LogP contribution in [0.2, 0.25) is 0 Å². The van der Waals surface area contributed by atoms with Gasteiger partial charge in [0.2, 0.25) is 0 Å². The quantitative estimate of drug-likeness (QED) is 0.135. The molecule has 0 saturated heterocycles. The van der Waals surface area contributed by atoms with Crippen molar-refractivity contribution in [1.29, 1.82) is 0 Å². The third-order valence-electron chi connectivity index (χ3n) is 11.2. The summed E-state index contributed by atoms with van der Waals surface area (Å²) in [5, 5.41) is 2.31. The molecule has 0 saturated carbocycles. The molecule has 57 heavy (non-hydrogen) atoms. The number of hydrogen-bond donors (Lipinski definition) is 0. The summed E-state index contributed by atoms with van der Waals surface area (Å²) >= 11 is 0. The molecule has 5 nitrogen and oxygen atoms in total. The summed E-state index contributed by atoms with van der Waals surface area (Å²) < 4.78 is 2.29. The van der Waals surface area contributed by atoms with Gasteiger partial charge in [-0.25, -0.2) is 4.98 Å². The Labute approximate surface area is 351 Å².